The first-order chi connectivity index (χ1) is 15.5. The molecule has 182 valence electrons. The Bertz CT molecular complexity index is 883. The molecule has 0 bridgehead atoms. The first-order valence-corrected chi connectivity index (χ1v) is 11.8. The fourth-order valence-corrected chi connectivity index (χ4v) is 4.58. The molecule has 0 aromatic heterocycles. The van der Waals surface area contributed by atoms with Crippen LogP contribution in [0.25, 0.3) is 0 Å². The van der Waals surface area contributed by atoms with Gasteiger partial charge in [-0.1, -0.05) is 39.0 Å². The van der Waals surface area contributed by atoms with Gasteiger partial charge >= 0.3 is 5.97 Å². The van der Waals surface area contributed by atoms with Crippen LogP contribution >= 0.6 is 0 Å². The van der Waals surface area contributed by atoms with Crippen molar-refractivity contribution >= 4 is 23.5 Å². The van der Waals surface area contributed by atoms with Crippen molar-refractivity contribution in [1.29, 1.82) is 0 Å². The van der Waals surface area contributed by atoms with E-state index in [2.05, 4.69) is 5.32 Å². The first kappa shape index (κ1) is 25.2. The number of anilines is 1. The number of amides is 2. The number of carbonyl (C=O) groups excluding carboxylic acids is 2. The molecule has 0 saturated heterocycles. The Morgan fingerprint density at radius 2 is 1.91 bits per heavy atom. The van der Waals surface area contributed by atoms with Gasteiger partial charge in [-0.05, 0) is 49.1 Å². The summed E-state index contributed by atoms with van der Waals surface area (Å²) in [4.78, 5) is 38.5. The minimum Gasteiger partial charge on any atom is -0.481 e. The quantitative estimate of drug-likeness (QED) is 0.423. The number of aliphatic carboxylic acids is 1. The molecule has 0 radical (unpaired) electrons. The third-order valence-electron chi connectivity index (χ3n) is 6.68. The third kappa shape index (κ3) is 6.77. The fourth-order valence-electron chi connectivity index (χ4n) is 4.58. The molecule has 1 heterocycles. The van der Waals surface area contributed by atoms with Crippen LogP contribution in [0.2, 0.25) is 0 Å². The van der Waals surface area contributed by atoms with E-state index >= 15 is 0 Å². The summed E-state index contributed by atoms with van der Waals surface area (Å²) in [6, 6.07) is 7.02. The van der Waals surface area contributed by atoms with Crippen LogP contribution in [0, 0.1) is 17.3 Å². The maximum absolute atomic E-state index is 13.4. The number of carbonyl (C=O) groups is 3. The molecule has 1 aromatic rings. The smallest absolute Gasteiger partial charge is 0.306 e. The maximum Gasteiger partial charge on any atom is 0.306 e. The largest absolute Gasteiger partial charge is 0.481 e. The predicted octanol–water partition coefficient (Wildman–Crippen LogP) is 2.08. The highest BCUT2D eigenvalue weighted by atomic mass is 16.4. The molecule has 2 amide bonds. The number of para-hydroxylation sites is 1. The van der Waals surface area contributed by atoms with Gasteiger partial charge in [-0.3, -0.25) is 14.4 Å². The number of hydrogen-bond acceptors (Lipinski definition) is 5. The Hall–Kier alpha value is -2.45. The van der Waals surface area contributed by atoms with Gasteiger partial charge in [0, 0.05) is 30.6 Å². The Morgan fingerprint density at radius 1 is 1.24 bits per heavy atom. The van der Waals surface area contributed by atoms with E-state index in [9.17, 15) is 19.5 Å². The number of hydrogen-bond donors (Lipinski definition) is 4. The highest BCUT2D eigenvalue weighted by Crippen LogP contribution is 2.34. The van der Waals surface area contributed by atoms with Crippen LogP contribution in [0.5, 0.6) is 0 Å². The summed E-state index contributed by atoms with van der Waals surface area (Å²) in [5.41, 5.74) is 7.58. The fraction of sp³-hybridized carbons (Fsp3) is 0.640. The number of nitrogens with zero attached hydrogens (tertiary/aromatic N) is 1. The Labute approximate surface area is 195 Å². The molecule has 2 aliphatic rings. The summed E-state index contributed by atoms with van der Waals surface area (Å²) in [5.74, 6) is -1.53. The summed E-state index contributed by atoms with van der Waals surface area (Å²) >= 11 is 0. The number of carboxylic acid groups (broad SMARTS) is 1. The van der Waals surface area contributed by atoms with Gasteiger partial charge in [-0.25, -0.2) is 0 Å². The Balaban J connectivity index is 1.65. The number of carboxylic acids is 1. The zero-order valence-electron chi connectivity index (χ0n) is 19.8. The van der Waals surface area contributed by atoms with Crippen molar-refractivity contribution in [1.82, 2.24) is 5.32 Å². The first-order valence-electron chi connectivity index (χ1n) is 11.8. The standard InChI is InChI=1S/C25H37N3O5/c1-15(24(32)33)10-21(29)19(26)12-25(2,3)13-22(30)28-14-18(27-23(31)16-8-9-16)11-17-6-4-5-7-20(17)28/h4-7,15-16,18-19,21,29H,8-14,26H2,1-3H3,(H,27,31)(H,32,33)/t15-,18-,19+,21+/m1/s1. The average molecular weight is 460 g/mol. The Morgan fingerprint density at radius 3 is 2.55 bits per heavy atom. The molecule has 4 atom stereocenters. The minimum absolute atomic E-state index is 0.0570. The van der Waals surface area contributed by atoms with E-state index in [1.165, 1.54) is 0 Å². The lowest BCUT2D eigenvalue weighted by Gasteiger charge is -2.37. The molecule has 3 rings (SSSR count). The second-order valence-corrected chi connectivity index (χ2v) is 10.6. The molecular formula is C25H37N3O5. The number of aliphatic hydroxyl groups is 1. The molecule has 8 heteroatoms. The summed E-state index contributed by atoms with van der Waals surface area (Å²) in [7, 11) is 0. The van der Waals surface area contributed by atoms with Crippen LogP contribution in [-0.4, -0.2) is 52.7 Å². The number of rotatable bonds is 10. The molecule has 8 nitrogen and oxygen atoms in total. The van der Waals surface area contributed by atoms with E-state index in [-0.39, 0.29) is 36.6 Å². The van der Waals surface area contributed by atoms with Gasteiger partial charge in [-0.15, -0.1) is 0 Å². The Kier molecular flexibility index (Phi) is 7.80. The molecule has 1 aliphatic heterocycles. The van der Waals surface area contributed by atoms with Crippen LogP contribution in [0.4, 0.5) is 5.69 Å². The van der Waals surface area contributed by atoms with Gasteiger partial charge in [0.05, 0.1) is 18.1 Å². The second kappa shape index (κ2) is 10.2. The van der Waals surface area contributed by atoms with Crippen molar-refractivity contribution in [3.8, 4) is 0 Å². The molecule has 0 unspecified atom stereocenters. The van der Waals surface area contributed by atoms with Crippen molar-refractivity contribution in [2.75, 3.05) is 11.4 Å². The highest BCUT2D eigenvalue weighted by molar-refractivity contribution is 5.95. The molecule has 5 N–H and O–H groups in total. The van der Waals surface area contributed by atoms with Gasteiger partial charge in [0.1, 0.15) is 0 Å². The maximum atomic E-state index is 13.4. The summed E-state index contributed by atoms with van der Waals surface area (Å²) in [6.45, 7) is 5.83. The van der Waals surface area contributed by atoms with Crippen LogP contribution in [0.1, 0.15) is 58.4 Å². The van der Waals surface area contributed by atoms with Gasteiger partial charge < -0.3 is 26.2 Å². The lowest BCUT2D eigenvalue weighted by molar-refractivity contribution is -0.142. The average Bonchev–Trinajstić information content (AvgIpc) is 3.57. The van der Waals surface area contributed by atoms with Crippen LogP contribution < -0.4 is 16.0 Å². The molecular weight excluding hydrogens is 422 g/mol. The number of aliphatic hydroxyl groups excluding tert-OH is 1. The second-order valence-electron chi connectivity index (χ2n) is 10.6. The molecule has 1 aliphatic carbocycles. The van der Waals surface area contributed by atoms with E-state index in [4.69, 9.17) is 10.8 Å². The molecule has 1 fully saturated rings. The molecule has 33 heavy (non-hydrogen) atoms. The van der Waals surface area contributed by atoms with E-state index in [1.54, 1.807) is 11.8 Å². The lowest BCUT2D eigenvalue weighted by Crippen LogP contribution is -2.51. The summed E-state index contributed by atoms with van der Waals surface area (Å²) in [5, 5.41) is 22.5. The van der Waals surface area contributed by atoms with E-state index < -0.39 is 29.4 Å². The number of nitrogens with one attached hydrogen (secondary N) is 1. The number of benzene rings is 1. The van der Waals surface area contributed by atoms with Crippen LogP contribution in [0.15, 0.2) is 24.3 Å². The van der Waals surface area contributed by atoms with E-state index in [0.29, 0.717) is 19.4 Å². The van der Waals surface area contributed by atoms with Crippen molar-refractivity contribution in [2.24, 2.45) is 23.0 Å². The highest BCUT2D eigenvalue weighted by Gasteiger charge is 2.36. The zero-order valence-corrected chi connectivity index (χ0v) is 19.8. The number of nitrogens with two attached hydrogens (primary N) is 1. The van der Waals surface area contributed by atoms with Gasteiger partial charge in [-0.2, -0.15) is 0 Å². The van der Waals surface area contributed by atoms with Gasteiger partial charge in [0.25, 0.3) is 0 Å². The predicted molar refractivity (Wildman–Crippen MR) is 126 cm³/mol. The van der Waals surface area contributed by atoms with Crippen molar-refractivity contribution in [3.63, 3.8) is 0 Å². The molecule has 1 aromatic carbocycles. The van der Waals surface area contributed by atoms with Gasteiger partial charge in [0.15, 0.2) is 0 Å². The summed E-state index contributed by atoms with van der Waals surface area (Å²) < 4.78 is 0. The third-order valence-corrected chi connectivity index (χ3v) is 6.68. The molecule has 0 spiro atoms. The lowest BCUT2D eigenvalue weighted by atomic mass is 9.79. The monoisotopic (exact) mass is 459 g/mol. The van der Waals surface area contributed by atoms with E-state index in [1.807, 2.05) is 38.1 Å². The van der Waals surface area contributed by atoms with Crippen LogP contribution in [-0.2, 0) is 20.8 Å². The SMILES string of the molecule is C[C@H](C[C@H](O)[C@@H](N)CC(C)(C)CC(=O)N1C[C@H](NC(=O)C2CC2)Cc2ccccc21)C(=O)O. The van der Waals surface area contributed by atoms with E-state index in [0.717, 1.165) is 24.1 Å². The minimum atomic E-state index is -0.970. The number of fused-ring (bicyclic) bond motifs is 1. The van der Waals surface area contributed by atoms with Gasteiger partial charge in [0.2, 0.25) is 11.8 Å². The summed E-state index contributed by atoms with van der Waals surface area (Å²) in [6.07, 6.45) is 2.28. The van der Waals surface area contributed by atoms with Crippen LogP contribution in [0.3, 0.4) is 0 Å². The molecule has 1 saturated carbocycles. The zero-order chi connectivity index (χ0) is 24.3. The van der Waals surface area contributed by atoms with Crippen molar-refractivity contribution in [2.45, 2.75) is 77.5 Å². The normalized spacial score (nSPS) is 21.0. The topological polar surface area (TPSA) is 133 Å². The van der Waals surface area contributed by atoms with Crippen molar-refractivity contribution in [3.05, 3.63) is 29.8 Å². The van der Waals surface area contributed by atoms with Crippen molar-refractivity contribution < 1.29 is 24.6 Å².